The third kappa shape index (κ3) is 5.16. The van der Waals surface area contributed by atoms with Crippen molar-refractivity contribution in [3.8, 4) is 0 Å². The largest absolute Gasteiger partial charge is 0.390 e. The van der Waals surface area contributed by atoms with Crippen LogP contribution in [0.25, 0.3) is 0 Å². The number of benzene rings is 1. The van der Waals surface area contributed by atoms with Crippen LogP contribution in [0.1, 0.15) is 18.4 Å². The van der Waals surface area contributed by atoms with E-state index in [4.69, 9.17) is 16.4 Å². The first kappa shape index (κ1) is 18.1. The Labute approximate surface area is 157 Å². The van der Waals surface area contributed by atoms with Gasteiger partial charge in [0.2, 0.25) is 11.9 Å². The van der Waals surface area contributed by atoms with E-state index < -0.39 is 0 Å². The van der Waals surface area contributed by atoms with Crippen molar-refractivity contribution < 1.29 is 9.63 Å². The molecule has 1 amide bonds. The number of amides is 1. The lowest BCUT2D eigenvalue weighted by atomic mass is 9.96. The number of nitrogens with one attached hydrogen (secondary N) is 1. The number of anilines is 1. The van der Waals surface area contributed by atoms with Gasteiger partial charge in [-0.15, -0.1) is 0 Å². The summed E-state index contributed by atoms with van der Waals surface area (Å²) >= 11 is 5.82. The molecule has 7 nitrogen and oxygen atoms in total. The molecule has 0 aliphatic carbocycles. The molecular weight excluding hydrogens is 354 g/mol. The number of rotatable bonds is 6. The zero-order valence-electron chi connectivity index (χ0n) is 14.2. The van der Waals surface area contributed by atoms with E-state index >= 15 is 0 Å². The Morgan fingerprint density at radius 3 is 2.65 bits per heavy atom. The van der Waals surface area contributed by atoms with Crippen molar-refractivity contribution in [2.75, 3.05) is 18.0 Å². The first-order chi connectivity index (χ1) is 12.7. The van der Waals surface area contributed by atoms with Crippen LogP contribution in [0, 0.1) is 5.92 Å². The van der Waals surface area contributed by atoms with Gasteiger partial charge in [0.1, 0.15) is 12.9 Å². The fourth-order valence-electron chi connectivity index (χ4n) is 2.73. The average molecular weight is 374 g/mol. The number of hydrogen-bond acceptors (Lipinski definition) is 6. The average Bonchev–Trinajstić information content (AvgIpc) is 2.70. The maximum Gasteiger partial charge on any atom is 0.228 e. The number of hydrogen-bond donors (Lipinski definition) is 1. The third-order valence-electron chi connectivity index (χ3n) is 4.18. The molecule has 8 heteroatoms. The lowest BCUT2D eigenvalue weighted by molar-refractivity contribution is -0.124. The Morgan fingerprint density at radius 2 is 1.96 bits per heavy atom. The molecule has 1 N–H and O–H groups in total. The first-order valence-corrected chi connectivity index (χ1v) is 8.81. The minimum atomic E-state index is -0.0440. The third-order valence-corrected chi connectivity index (χ3v) is 4.43. The van der Waals surface area contributed by atoms with Crippen molar-refractivity contribution in [1.82, 2.24) is 15.3 Å². The molecule has 0 radical (unpaired) electrons. The molecule has 0 bridgehead atoms. The molecule has 2 aromatic rings. The fourth-order valence-corrected chi connectivity index (χ4v) is 2.86. The van der Waals surface area contributed by atoms with Crippen LogP contribution in [0.2, 0.25) is 5.02 Å². The molecule has 1 fully saturated rings. The summed E-state index contributed by atoms with van der Waals surface area (Å²) in [5.41, 5.74) is 0.952. The SMILES string of the molecule is O=C(N/C=N/OCc1ccc(Cl)cc1)C1CCN(c2ncccn2)CC1. The molecule has 136 valence electrons. The summed E-state index contributed by atoms with van der Waals surface area (Å²) in [4.78, 5) is 27.9. The van der Waals surface area contributed by atoms with Crippen molar-refractivity contribution >= 4 is 29.8 Å². The highest BCUT2D eigenvalue weighted by Crippen LogP contribution is 2.20. The zero-order valence-corrected chi connectivity index (χ0v) is 15.0. The Bertz CT molecular complexity index is 731. The van der Waals surface area contributed by atoms with Crippen molar-refractivity contribution in [2.45, 2.75) is 19.4 Å². The van der Waals surface area contributed by atoms with E-state index in [1.807, 2.05) is 12.1 Å². The van der Waals surface area contributed by atoms with Crippen LogP contribution in [-0.2, 0) is 16.2 Å². The Morgan fingerprint density at radius 1 is 1.27 bits per heavy atom. The van der Waals surface area contributed by atoms with Crippen LogP contribution in [0.3, 0.4) is 0 Å². The van der Waals surface area contributed by atoms with Crippen molar-refractivity contribution in [1.29, 1.82) is 0 Å². The summed E-state index contributed by atoms with van der Waals surface area (Å²) in [6, 6.07) is 9.09. The molecule has 3 rings (SSSR count). The second-order valence-corrected chi connectivity index (χ2v) is 6.39. The number of piperidine rings is 1. The van der Waals surface area contributed by atoms with Gasteiger partial charge < -0.3 is 15.1 Å². The lowest BCUT2D eigenvalue weighted by Gasteiger charge is -2.30. The van der Waals surface area contributed by atoms with E-state index in [0.29, 0.717) is 17.6 Å². The number of carbonyl (C=O) groups excluding carboxylic acids is 1. The van der Waals surface area contributed by atoms with Gasteiger partial charge in [0, 0.05) is 36.4 Å². The normalized spacial score (nSPS) is 15.2. The van der Waals surface area contributed by atoms with E-state index in [1.54, 1.807) is 30.6 Å². The minimum Gasteiger partial charge on any atom is -0.390 e. The van der Waals surface area contributed by atoms with Gasteiger partial charge in [-0.25, -0.2) is 9.97 Å². The maximum absolute atomic E-state index is 12.2. The number of halogens is 1. The monoisotopic (exact) mass is 373 g/mol. The smallest absolute Gasteiger partial charge is 0.228 e. The summed E-state index contributed by atoms with van der Waals surface area (Å²) in [6.07, 6.45) is 6.25. The molecule has 26 heavy (non-hydrogen) atoms. The first-order valence-electron chi connectivity index (χ1n) is 8.43. The molecule has 0 spiro atoms. The summed E-state index contributed by atoms with van der Waals surface area (Å²) in [7, 11) is 0. The lowest BCUT2D eigenvalue weighted by Crippen LogP contribution is -2.40. The quantitative estimate of drug-likeness (QED) is 0.478. The number of aromatic nitrogens is 2. The highest BCUT2D eigenvalue weighted by Gasteiger charge is 2.25. The molecule has 2 heterocycles. The van der Waals surface area contributed by atoms with Crippen LogP contribution in [-0.4, -0.2) is 35.3 Å². The number of oxime groups is 1. The summed E-state index contributed by atoms with van der Waals surface area (Å²) in [5, 5.41) is 7.12. The zero-order chi connectivity index (χ0) is 18.2. The van der Waals surface area contributed by atoms with E-state index in [1.165, 1.54) is 6.34 Å². The van der Waals surface area contributed by atoms with Crippen LogP contribution >= 0.6 is 11.6 Å². The van der Waals surface area contributed by atoms with E-state index in [-0.39, 0.29) is 11.8 Å². The maximum atomic E-state index is 12.2. The molecular formula is C18H20ClN5O2. The van der Waals surface area contributed by atoms with Crippen molar-refractivity contribution in [3.63, 3.8) is 0 Å². The van der Waals surface area contributed by atoms with Gasteiger partial charge in [-0.3, -0.25) is 4.79 Å². The van der Waals surface area contributed by atoms with Gasteiger partial charge >= 0.3 is 0 Å². The van der Waals surface area contributed by atoms with Crippen LogP contribution in [0.15, 0.2) is 47.9 Å². The van der Waals surface area contributed by atoms with Crippen molar-refractivity contribution in [3.05, 3.63) is 53.3 Å². The number of nitrogens with zero attached hydrogens (tertiary/aromatic N) is 4. The summed E-state index contributed by atoms with van der Waals surface area (Å²) in [5.74, 6) is 0.624. The fraction of sp³-hybridized carbons (Fsp3) is 0.333. The molecule has 0 saturated carbocycles. The molecule has 1 aliphatic heterocycles. The highest BCUT2D eigenvalue weighted by atomic mass is 35.5. The Balaban J connectivity index is 1.37. The van der Waals surface area contributed by atoms with Crippen molar-refractivity contribution in [2.24, 2.45) is 11.1 Å². The molecule has 0 atom stereocenters. The van der Waals surface area contributed by atoms with Crippen LogP contribution in [0.4, 0.5) is 5.95 Å². The Kier molecular flexibility index (Phi) is 6.38. The van der Waals surface area contributed by atoms with Gasteiger partial charge in [-0.2, -0.15) is 0 Å². The van der Waals surface area contributed by atoms with E-state index in [2.05, 4.69) is 25.3 Å². The number of carbonyl (C=O) groups is 1. The van der Waals surface area contributed by atoms with Crippen LogP contribution in [0.5, 0.6) is 0 Å². The predicted octanol–water partition coefficient (Wildman–Crippen LogP) is 2.62. The molecule has 1 saturated heterocycles. The van der Waals surface area contributed by atoms with E-state index in [0.717, 1.165) is 31.5 Å². The summed E-state index contributed by atoms with van der Waals surface area (Å²) < 4.78 is 0. The molecule has 1 aliphatic rings. The Hall–Kier alpha value is -2.67. The standard InChI is InChI=1S/C18H20ClN5O2/c19-16-4-2-14(3-5-16)12-26-23-13-22-17(25)15-6-10-24(11-7-15)18-20-8-1-9-21-18/h1-5,8-9,13,15H,6-7,10-12H2,(H,22,23,25). The second-order valence-electron chi connectivity index (χ2n) is 5.95. The van der Waals surface area contributed by atoms with Gasteiger partial charge in [-0.05, 0) is 36.6 Å². The minimum absolute atomic E-state index is 0.0438. The van der Waals surface area contributed by atoms with Gasteiger partial charge in [0.05, 0.1) is 0 Å². The molecule has 0 unspecified atom stereocenters. The summed E-state index contributed by atoms with van der Waals surface area (Å²) in [6.45, 7) is 1.83. The van der Waals surface area contributed by atoms with Gasteiger partial charge in [-0.1, -0.05) is 28.9 Å². The topological polar surface area (TPSA) is 79.7 Å². The predicted molar refractivity (Wildman–Crippen MR) is 99.8 cm³/mol. The molecule has 1 aromatic heterocycles. The van der Waals surface area contributed by atoms with E-state index in [9.17, 15) is 4.79 Å². The van der Waals surface area contributed by atoms with Gasteiger partial charge in [0.25, 0.3) is 0 Å². The second kappa shape index (κ2) is 9.15. The molecule has 1 aromatic carbocycles. The highest BCUT2D eigenvalue weighted by molar-refractivity contribution is 6.30. The van der Waals surface area contributed by atoms with Crippen LogP contribution < -0.4 is 10.2 Å². The van der Waals surface area contributed by atoms with Gasteiger partial charge in [0.15, 0.2) is 0 Å².